The van der Waals surface area contributed by atoms with Gasteiger partial charge in [-0.2, -0.15) is 0 Å². The van der Waals surface area contributed by atoms with Gasteiger partial charge < -0.3 is 10.2 Å². The largest absolute Gasteiger partial charge is 0.355 e. The van der Waals surface area contributed by atoms with Crippen molar-refractivity contribution in [2.45, 2.75) is 52.6 Å². The van der Waals surface area contributed by atoms with Crippen LogP contribution >= 0.6 is 11.6 Å². The van der Waals surface area contributed by atoms with Gasteiger partial charge in [-0.05, 0) is 49.9 Å². The molecule has 0 bridgehead atoms. The number of carbonyl (C=O) groups excluding carboxylic acids is 2. The molecule has 0 aromatic heterocycles. The molecule has 2 amide bonds. The van der Waals surface area contributed by atoms with Gasteiger partial charge in [0, 0.05) is 31.1 Å². The molecule has 0 saturated carbocycles. The van der Waals surface area contributed by atoms with Crippen LogP contribution in [0.25, 0.3) is 0 Å². The number of likely N-dealkylation sites (N-methyl/N-ethyl adjacent to an activating group) is 1. The van der Waals surface area contributed by atoms with Gasteiger partial charge in [-0.25, -0.2) is 8.42 Å². The Hall–Kier alpha value is -2.58. The molecule has 0 aliphatic carbocycles. The highest BCUT2D eigenvalue weighted by molar-refractivity contribution is 7.92. The number of sulfonamides is 1. The van der Waals surface area contributed by atoms with E-state index in [1.807, 2.05) is 51.1 Å². The summed E-state index contributed by atoms with van der Waals surface area (Å²) < 4.78 is 26.2. The lowest BCUT2D eigenvalue weighted by atomic mass is 10.1. The molecule has 0 aliphatic rings. The molecule has 0 fully saturated rings. The summed E-state index contributed by atoms with van der Waals surface area (Å²) >= 11 is 6.33. The third-order valence-corrected chi connectivity index (χ3v) is 7.12. The maximum Gasteiger partial charge on any atom is 0.242 e. The van der Waals surface area contributed by atoms with E-state index in [9.17, 15) is 18.0 Å². The van der Waals surface area contributed by atoms with Crippen molar-refractivity contribution < 1.29 is 18.0 Å². The summed E-state index contributed by atoms with van der Waals surface area (Å²) in [6.07, 6.45) is 2.01. The Balaban J connectivity index is 2.22. The van der Waals surface area contributed by atoms with Crippen LogP contribution < -0.4 is 9.62 Å². The van der Waals surface area contributed by atoms with Gasteiger partial charge in [0.25, 0.3) is 0 Å². The Morgan fingerprint density at radius 1 is 1.06 bits per heavy atom. The molecular formula is C25H34ClN3O4S. The summed E-state index contributed by atoms with van der Waals surface area (Å²) in [5, 5.41) is 3.32. The zero-order chi connectivity index (χ0) is 25.3. The van der Waals surface area contributed by atoms with E-state index in [0.717, 1.165) is 17.4 Å². The van der Waals surface area contributed by atoms with Crippen LogP contribution in [-0.2, 0) is 26.2 Å². The minimum Gasteiger partial charge on any atom is -0.355 e. The fourth-order valence-electron chi connectivity index (χ4n) is 3.85. The standard InChI is InChI=1S/C25H34ClN3O4S/c1-5-22(25(31)27-6-2)28(18-20-13-8-9-14-21(20)26)24(30)16-11-17-29(34(4,32)33)23-15-10-7-12-19(23)3/h7-10,12-15,22H,5-6,11,16-18H2,1-4H3,(H,27,31)/t22-/m0/s1. The molecule has 0 unspecified atom stereocenters. The Bertz CT molecular complexity index is 1090. The second kappa shape index (κ2) is 12.8. The van der Waals surface area contributed by atoms with Crippen molar-refractivity contribution in [1.82, 2.24) is 10.2 Å². The number of aryl methyl sites for hydroxylation is 1. The Morgan fingerprint density at radius 2 is 1.71 bits per heavy atom. The van der Waals surface area contributed by atoms with E-state index < -0.39 is 16.1 Å². The lowest BCUT2D eigenvalue weighted by molar-refractivity contribution is -0.141. The highest BCUT2D eigenvalue weighted by atomic mass is 35.5. The molecule has 2 aromatic carbocycles. The van der Waals surface area contributed by atoms with Gasteiger partial charge in [0.05, 0.1) is 11.9 Å². The number of hydrogen-bond donors (Lipinski definition) is 1. The molecule has 2 aromatic rings. The molecule has 7 nitrogen and oxygen atoms in total. The van der Waals surface area contributed by atoms with Crippen molar-refractivity contribution in [2.24, 2.45) is 0 Å². The fourth-order valence-corrected chi connectivity index (χ4v) is 5.07. The van der Waals surface area contributed by atoms with E-state index in [-0.39, 0.29) is 31.3 Å². The van der Waals surface area contributed by atoms with Crippen molar-refractivity contribution in [3.63, 3.8) is 0 Å². The molecule has 0 radical (unpaired) electrons. The fraction of sp³-hybridized carbons (Fsp3) is 0.440. The van der Waals surface area contributed by atoms with Crippen molar-refractivity contribution in [3.05, 3.63) is 64.7 Å². The van der Waals surface area contributed by atoms with Crippen LogP contribution in [0.3, 0.4) is 0 Å². The quantitative estimate of drug-likeness (QED) is 0.467. The molecule has 186 valence electrons. The van der Waals surface area contributed by atoms with Gasteiger partial charge in [-0.15, -0.1) is 0 Å². The number of benzene rings is 2. The smallest absolute Gasteiger partial charge is 0.242 e. The van der Waals surface area contributed by atoms with Crippen molar-refractivity contribution in [2.75, 3.05) is 23.7 Å². The second-order valence-electron chi connectivity index (χ2n) is 8.16. The van der Waals surface area contributed by atoms with Crippen LogP contribution in [-0.4, -0.2) is 50.5 Å². The van der Waals surface area contributed by atoms with E-state index >= 15 is 0 Å². The molecular weight excluding hydrogens is 474 g/mol. The third-order valence-electron chi connectivity index (χ3n) is 5.57. The van der Waals surface area contributed by atoms with Crippen LogP contribution in [0.4, 0.5) is 5.69 Å². The summed E-state index contributed by atoms with van der Waals surface area (Å²) in [6, 6.07) is 13.8. The number of halogens is 1. The Labute approximate surface area is 208 Å². The molecule has 0 saturated heterocycles. The summed E-state index contributed by atoms with van der Waals surface area (Å²) in [7, 11) is -3.53. The molecule has 1 atom stereocenters. The summed E-state index contributed by atoms with van der Waals surface area (Å²) in [5.74, 6) is -0.445. The second-order valence-corrected chi connectivity index (χ2v) is 10.5. The number of hydrogen-bond acceptors (Lipinski definition) is 4. The first kappa shape index (κ1) is 27.7. The number of nitrogens with one attached hydrogen (secondary N) is 1. The third kappa shape index (κ3) is 7.46. The molecule has 0 spiro atoms. The number of nitrogens with zero attached hydrogens (tertiary/aromatic N) is 2. The van der Waals surface area contributed by atoms with E-state index in [1.54, 1.807) is 23.1 Å². The molecule has 0 aliphatic heterocycles. The summed E-state index contributed by atoms with van der Waals surface area (Å²) in [4.78, 5) is 27.6. The van der Waals surface area contributed by atoms with Gasteiger partial charge in [0.2, 0.25) is 21.8 Å². The lowest BCUT2D eigenvalue weighted by Gasteiger charge is -2.31. The zero-order valence-corrected chi connectivity index (χ0v) is 21.8. The first-order chi connectivity index (χ1) is 16.1. The molecule has 34 heavy (non-hydrogen) atoms. The van der Waals surface area contributed by atoms with Gasteiger partial charge in [-0.1, -0.05) is 54.9 Å². The molecule has 1 N–H and O–H groups in total. The lowest BCUT2D eigenvalue weighted by Crippen LogP contribution is -2.49. The van der Waals surface area contributed by atoms with Crippen LogP contribution in [0, 0.1) is 6.92 Å². The normalized spacial score (nSPS) is 12.1. The highest BCUT2D eigenvalue weighted by Crippen LogP contribution is 2.24. The number of anilines is 1. The predicted octanol–water partition coefficient (Wildman–Crippen LogP) is 4.14. The summed E-state index contributed by atoms with van der Waals surface area (Å²) in [6.45, 7) is 6.35. The maximum absolute atomic E-state index is 13.3. The first-order valence-corrected chi connectivity index (χ1v) is 13.7. The van der Waals surface area contributed by atoms with Crippen molar-refractivity contribution in [1.29, 1.82) is 0 Å². The minimum atomic E-state index is -3.53. The van der Waals surface area contributed by atoms with Gasteiger partial charge in [0.1, 0.15) is 6.04 Å². The maximum atomic E-state index is 13.3. The van der Waals surface area contributed by atoms with E-state index in [2.05, 4.69) is 5.32 Å². The van der Waals surface area contributed by atoms with Crippen LogP contribution in [0.1, 0.15) is 44.2 Å². The van der Waals surface area contributed by atoms with Crippen molar-refractivity contribution >= 4 is 39.1 Å². The van der Waals surface area contributed by atoms with E-state index in [4.69, 9.17) is 11.6 Å². The average Bonchev–Trinajstić information content (AvgIpc) is 2.78. The van der Waals surface area contributed by atoms with Crippen LogP contribution in [0.2, 0.25) is 5.02 Å². The average molecular weight is 508 g/mol. The van der Waals surface area contributed by atoms with E-state index in [1.165, 1.54) is 4.31 Å². The number of para-hydroxylation sites is 1. The number of amides is 2. The molecule has 9 heteroatoms. The SMILES string of the molecule is CCNC(=O)[C@H](CC)N(Cc1ccccc1Cl)C(=O)CCCN(c1ccccc1C)S(C)(=O)=O. The zero-order valence-electron chi connectivity index (χ0n) is 20.3. The Morgan fingerprint density at radius 3 is 2.29 bits per heavy atom. The minimum absolute atomic E-state index is 0.0955. The Kier molecular flexibility index (Phi) is 10.4. The number of rotatable bonds is 12. The molecule has 0 heterocycles. The van der Waals surface area contributed by atoms with Gasteiger partial charge in [0.15, 0.2) is 0 Å². The van der Waals surface area contributed by atoms with Gasteiger partial charge >= 0.3 is 0 Å². The first-order valence-electron chi connectivity index (χ1n) is 11.4. The van der Waals surface area contributed by atoms with Crippen molar-refractivity contribution in [3.8, 4) is 0 Å². The summed E-state index contributed by atoms with van der Waals surface area (Å²) in [5.41, 5.74) is 2.18. The van der Waals surface area contributed by atoms with Crippen LogP contribution in [0.15, 0.2) is 48.5 Å². The monoisotopic (exact) mass is 507 g/mol. The highest BCUT2D eigenvalue weighted by Gasteiger charge is 2.29. The topological polar surface area (TPSA) is 86.8 Å². The molecule has 2 rings (SSSR count). The number of carbonyl (C=O) groups is 2. The van der Waals surface area contributed by atoms with E-state index in [0.29, 0.717) is 30.1 Å². The predicted molar refractivity (Wildman–Crippen MR) is 137 cm³/mol. The van der Waals surface area contributed by atoms with Crippen LogP contribution in [0.5, 0.6) is 0 Å². The van der Waals surface area contributed by atoms with Gasteiger partial charge in [-0.3, -0.25) is 13.9 Å².